The molecule has 1 aliphatic heterocycles. The van der Waals surface area contributed by atoms with Crippen LogP contribution >= 0.6 is 0 Å². The van der Waals surface area contributed by atoms with Crippen molar-refractivity contribution in [2.24, 2.45) is 0 Å². The first kappa shape index (κ1) is 64.6. The fraction of sp³-hybridized carbons (Fsp3) is 0.828. The molecule has 11 heteroatoms. The van der Waals surface area contributed by atoms with Crippen molar-refractivity contribution in [2.75, 3.05) is 13.2 Å². The van der Waals surface area contributed by atoms with Crippen LogP contribution in [-0.2, 0) is 23.8 Å². The van der Waals surface area contributed by atoms with Gasteiger partial charge in [-0.25, -0.2) is 0 Å². The topological polar surface area (TPSA) is 175 Å². The van der Waals surface area contributed by atoms with Gasteiger partial charge in [-0.05, 0) is 64.2 Å². The Morgan fingerprint density at radius 3 is 1.52 bits per heavy atom. The number of ether oxygens (including phenoxy) is 3. The summed E-state index contributed by atoms with van der Waals surface area (Å²) in [7, 11) is 0. The number of carbonyl (C=O) groups excluding carboxylic acids is 2. The fourth-order valence-electron chi connectivity index (χ4n) is 8.66. The maximum atomic E-state index is 13.3. The molecule has 0 spiro atoms. The molecule has 1 rings (SSSR count). The van der Waals surface area contributed by atoms with Gasteiger partial charge in [-0.3, -0.25) is 9.59 Å². The second-order valence-electron chi connectivity index (χ2n) is 19.7. The number of nitrogens with one attached hydrogen (secondary N) is 1. The Morgan fingerprint density at radius 2 is 1.00 bits per heavy atom. The zero-order valence-corrected chi connectivity index (χ0v) is 44.2. The lowest BCUT2D eigenvalue weighted by Crippen LogP contribution is -2.61. The van der Waals surface area contributed by atoms with Crippen LogP contribution in [0.5, 0.6) is 0 Å². The van der Waals surface area contributed by atoms with Crippen molar-refractivity contribution in [3.63, 3.8) is 0 Å². The van der Waals surface area contributed by atoms with Gasteiger partial charge in [0, 0.05) is 6.42 Å². The van der Waals surface area contributed by atoms with Crippen molar-refractivity contribution in [2.45, 2.75) is 294 Å². The summed E-state index contributed by atoms with van der Waals surface area (Å²) in [5, 5.41) is 56.7. The summed E-state index contributed by atoms with van der Waals surface area (Å²) in [5.41, 5.74) is 0. The predicted molar refractivity (Wildman–Crippen MR) is 283 cm³/mol. The molecule has 1 fully saturated rings. The SMILES string of the molecule is CCCCC/C=C\C/C=C\C/C=C\CCCCCCC(=O)OC1C(OCC(NC(=O)C(O)CCCCCCCCCCCCCC)C(O)/C=C/CCCCCCCCCCC)OC(CO)C(O)C1O. The van der Waals surface area contributed by atoms with Gasteiger partial charge < -0.3 is 45.1 Å². The van der Waals surface area contributed by atoms with E-state index >= 15 is 0 Å². The first-order chi connectivity index (χ1) is 33.7. The smallest absolute Gasteiger partial charge is 0.306 e. The minimum atomic E-state index is -1.62. The molecule has 402 valence electrons. The molecule has 1 saturated heterocycles. The van der Waals surface area contributed by atoms with Gasteiger partial charge in [-0.2, -0.15) is 0 Å². The third-order valence-electron chi connectivity index (χ3n) is 13.2. The van der Waals surface area contributed by atoms with E-state index in [1.165, 1.54) is 116 Å². The third kappa shape index (κ3) is 35.4. The van der Waals surface area contributed by atoms with Crippen molar-refractivity contribution in [1.82, 2.24) is 5.32 Å². The van der Waals surface area contributed by atoms with Crippen LogP contribution in [0.1, 0.15) is 245 Å². The molecule has 8 atom stereocenters. The van der Waals surface area contributed by atoms with E-state index in [0.717, 1.165) is 83.5 Å². The van der Waals surface area contributed by atoms with E-state index in [1.54, 1.807) is 6.08 Å². The lowest BCUT2D eigenvalue weighted by molar-refractivity contribution is -0.305. The molecular formula is C58H105NO10. The monoisotopic (exact) mass is 976 g/mol. The van der Waals surface area contributed by atoms with Crippen LogP contribution in [0.2, 0.25) is 0 Å². The Bertz CT molecular complexity index is 1300. The molecule has 11 nitrogen and oxygen atoms in total. The number of esters is 1. The molecule has 0 aliphatic carbocycles. The van der Waals surface area contributed by atoms with Crippen LogP contribution in [0.15, 0.2) is 48.6 Å². The van der Waals surface area contributed by atoms with Gasteiger partial charge in [0.15, 0.2) is 12.4 Å². The highest BCUT2D eigenvalue weighted by atomic mass is 16.7. The molecule has 0 aromatic heterocycles. The van der Waals surface area contributed by atoms with Crippen molar-refractivity contribution in [1.29, 1.82) is 0 Å². The molecule has 8 unspecified atom stereocenters. The number of hydrogen-bond acceptors (Lipinski definition) is 10. The summed E-state index contributed by atoms with van der Waals surface area (Å²) in [4.78, 5) is 26.4. The van der Waals surface area contributed by atoms with E-state index in [0.29, 0.717) is 19.3 Å². The molecule has 1 heterocycles. The Balaban J connectivity index is 2.74. The van der Waals surface area contributed by atoms with Gasteiger partial charge in [-0.15, -0.1) is 0 Å². The van der Waals surface area contributed by atoms with Gasteiger partial charge in [0.25, 0.3) is 0 Å². The van der Waals surface area contributed by atoms with Crippen LogP contribution in [0.4, 0.5) is 0 Å². The molecule has 1 aliphatic rings. The number of amides is 1. The summed E-state index contributed by atoms with van der Waals surface area (Å²) in [6.07, 6.45) is 44.4. The van der Waals surface area contributed by atoms with Gasteiger partial charge in [0.1, 0.15) is 24.4 Å². The highest BCUT2D eigenvalue weighted by Gasteiger charge is 2.47. The third-order valence-corrected chi connectivity index (χ3v) is 13.2. The number of unbranched alkanes of at least 4 members (excludes halogenated alkanes) is 27. The summed E-state index contributed by atoms with van der Waals surface area (Å²) in [6.45, 7) is 5.72. The second kappa shape index (κ2) is 46.7. The summed E-state index contributed by atoms with van der Waals surface area (Å²) >= 11 is 0. The number of carbonyl (C=O) groups is 2. The van der Waals surface area contributed by atoms with Crippen molar-refractivity contribution < 1.29 is 49.3 Å². The average molecular weight is 976 g/mol. The number of aliphatic hydroxyl groups is 5. The van der Waals surface area contributed by atoms with E-state index in [1.807, 2.05) is 6.08 Å². The maximum Gasteiger partial charge on any atom is 0.306 e. The highest BCUT2D eigenvalue weighted by molar-refractivity contribution is 5.80. The number of allylic oxidation sites excluding steroid dienone is 7. The first-order valence-electron chi connectivity index (χ1n) is 28.4. The number of hydrogen-bond donors (Lipinski definition) is 6. The van der Waals surface area contributed by atoms with Gasteiger partial charge in [0.05, 0.1) is 25.4 Å². The Kier molecular flexibility index (Phi) is 43.7. The summed E-state index contributed by atoms with van der Waals surface area (Å²) in [5.74, 6) is -1.21. The lowest BCUT2D eigenvalue weighted by Gasteiger charge is -2.41. The molecule has 0 bridgehead atoms. The predicted octanol–water partition coefficient (Wildman–Crippen LogP) is 12.5. The van der Waals surface area contributed by atoms with Crippen LogP contribution in [0, 0.1) is 0 Å². The van der Waals surface area contributed by atoms with Crippen LogP contribution in [-0.4, -0.2) is 99.6 Å². The summed E-state index contributed by atoms with van der Waals surface area (Å²) in [6, 6.07) is -1.02. The van der Waals surface area contributed by atoms with E-state index in [2.05, 4.69) is 62.5 Å². The quantitative estimate of drug-likeness (QED) is 0.0196. The molecule has 0 aromatic rings. The molecule has 0 aromatic carbocycles. The van der Waals surface area contributed by atoms with E-state index < -0.39 is 67.4 Å². The van der Waals surface area contributed by atoms with Crippen LogP contribution in [0.25, 0.3) is 0 Å². The lowest BCUT2D eigenvalue weighted by atomic mass is 9.99. The zero-order chi connectivity index (χ0) is 50.4. The van der Waals surface area contributed by atoms with Crippen molar-refractivity contribution in [3.8, 4) is 0 Å². The van der Waals surface area contributed by atoms with Crippen LogP contribution < -0.4 is 5.32 Å². The van der Waals surface area contributed by atoms with E-state index in [9.17, 15) is 35.1 Å². The van der Waals surface area contributed by atoms with Crippen LogP contribution in [0.3, 0.4) is 0 Å². The van der Waals surface area contributed by atoms with Gasteiger partial charge in [0.2, 0.25) is 5.91 Å². The standard InChI is InChI=1S/C58H105NO10/c1-4-7-10-13-16-19-22-24-25-26-27-28-31-34-37-40-43-46-53(63)69-56-55(65)54(64)52(47-60)68-58(56)67-48-49(50(61)44-41-38-35-32-29-21-18-15-12-9-6-3)59-57(66)51(62)45-42-39-36-33-30-23-20-17-14-11-8-5-2/h16,19,24-25,27-28,41,44,49-52,54-56,58,60-62,64-65H,4-15,17-18,20-23,26,29-40,42-43,45-48H2,1-3H3,(H,59,66)/b19-16-,25-24-,28-27-,44-41+. The Morgan fingerprint density at radius 1 is 0.565 bits per heavy atom. The van der Waals surface area contributed by atoms with E-state index in [4.69, 9.17) is 14.2 Å². The number of aliphatic hydroxyl groups excluding tert-OH is 5. The van der Waals surface area contributed by atoms with Crippen molar-refractivity contribution >= 4 is 11.9 Å². The minimum absolute atomic E-state index is 0.0986. The molecule has 0 saturated carbocycles. The normalized spacial score (nSPS) is 20.1. The van der Waals surface area contributed by atoms with Crippen molar-refractivity contribution in [3.05, 3.63) is 48.6 Å². The van der Waals surface area contributed by atoms with Gasteiger partial charge >= 0.3 is 5.97 Å². The number of rotatable bonds is 47. The minimum Gasteiger partial charge on any atom is -0.454 e. The van der Waals surface area contributed by atoms with E-state index in [-0.39, 0.29) is 13.0 Å². The first-order valence-corrected chi connectivity index (χ1v) is 28.4. The molecular weight excluding hydrogens is 871 g/mol. The zero-order valence-electron chi connectivity index (χ0n) is 44.2. The summed E-state index contributed by atoms with van der Waals surface area (Å²) < 4.78 is 17.5. The fourth-order valence-corrected chi connectivity index (χ4v) is 8.66. The molecule has 69 heavy (non-hydrogen) atoms. The highest BCUT2D eigenvalue weighted by Crippen LogP contribution is 2.26. The Labute approximate surface area is 421 Å². The Hall–Kier alpha value is -2.38. The average Bonchev–Trinajstić information content (AvgIpc) is 3.34. The largest absolute Gasteiger partial charge is 0.454 e. The molecule has 1 amide bonds. The van der Waals surface area contributed by atoms with Gasteiger partial charge in [-0.1, -0.05) is 223 Å². The maximum absolute atomic E-state index is 13.3. The second-order valence-corrected chi connectivity index (χ2v) is 19.7. The molecule has 6 N–H and O–H groups in total. The molecule has 0 radical (unpaired) electrons.